The lowest BCUT2D eigenvalue weighted by molar-refractivity contribution is -0.134. The van der Waals surface area contributed by atoms with Crippen molar-refractivity contribution in [2.24, 2.45) is 17.3 Å². The first kappa shape index (κ1) is 27.7. The van der Waals surface area contributed by atoms with Crippen molar-refractivity contribution in [3.05, 3.63) is 36.3 Å². The van der Waals surface area contributed by atoms with Crippen molar-refractivity contribution < 1.29 is 9.59 Å². The van der Waals surface area contributed by atoms with Crippen molar-refractivity contribution in [2.75, 3.05) is 32.7 Å². The van der Waals surface area contributed by atoms with Crippen LogP contribution in [0.5, 0.6) is 0 Å². The van der Waals surface area contributed by atoms with Crippen molar-refractivity contribution in [3.8, 4) is 0 Å². The quantitative estimate of drug-likeness (QED) is 0.341. The third-order valence-electron chi connectivity index (χ3n) is 10.6. The van der Waals surface area contributed by atoms with E-state index in [4.69, 9.17) is 0 Å². The molecule has 0 spiro atoms. The topological polar surface area (TPSA) is 90.8 Å². The Morgan fingerprint density at radius 2 is 1.85 bits per heavy atom. The highest BCUT2D eigenvalue weighted by Gasteiger charge is 2.54. The van der Waals surface area contributed by atoms with Gasteiger partial charge in [0.05, 0.1) is 11.6 Å². The smallest absolute Gasteiger partial charge is 0.252 e. The van der Waals surface area contributed by atoms with Gasteiger partial charge in [-0.2, -0.15) is 0 Å². The highest BCUT2D eigenvalue weighted by atomic mass is 16.2. The fourth-order valence-electron chi connectivity index (χ4n) is 8.31. The fraction of sp³-hybridized carbons (Fsp3) is 0.719. The summed E-state index contributed by atoms with van der Waals surface area (Å²) in [4.78, 5) is 32.6. The summed E-state index contributed by atoms with van der Waals surface area (Å²) in [5, 5.41) is 10.6. The molecule has 0 radical (unpaired) electrons. The van der Waals surface area contributed by atoms with E-state index in [-0.39, 0.29) is 17.4 Å². The molecule has 6 rings (SSSR count). The van der Waals surface area contributed by atoms with E-state index in [0.717, 1.165) is 76.3 Å². The van der Waals surface area contributed by atoms with Gasteiger partial charge in [-0.15, -0.1) is 0 Å². The Bertz CT molecular complexity index is 1150. The molecule has 40 heavy (non-hydrogen) atoms. The molecule has 4 fully saturated rings. The number of likely N-dealkylation sites (tertiary alicyclic amines) is 1. The van der Waals surface area contributed by atoms with Gasteiger partial charge in [0.1, 0.15) is 5.65 Å². The zero-order valence-electron chi connectivity index (χ0n) is 24.1. The molecule has 0 bridgehead atoms. The Balaban J connectivity index is 0.919. The van der Waals surface area contributed by atoms with Gasteiger partial charge in [0.15, 0.2) is 0 Å². The van der Waals surface area contributed by atoms with Crippen LogP contribution < -0.4 is 16.0 Å². The van der Waals surface area contributed by atoms with Gasteiger partial charge in [0, 0.05) is 56.2 Å². The zero-order valence-corrected chi connectivity index (χ0v) is 24.1. The van der Waals surface area contributed by atoms with E-state index in [0.29, 0.717) is 30.0 Å². The number of imidazole rings is 1. The second-order valence-corrected chi connectivity index (χ2v) is 13.0. The number of nitrogens with one attached hydrogen (secondary N) is 3. The molecule has 1 saturated carbocycles. The summed E-state index contributed by atoms with van der Waals surface area (Å²) >= 11 is 0. The number of carbonyl (C=O) groups is 2. The fourth-order valence-corrected chi connectivity index (χ4v) is 8.31. The van der Waals surface area contributed by atoms with E-state index in [2.05, 4.69) is 25.8 Å². The van der Waals surface area contributed by atoms with Crippen LogP contribution in [0.15, 0.2) is 30.7 Å². The molecule has 3 saturated heterocycles. The van der Waals surface area contributed by atoms with Crippen LogP contribution in [-0.2, 0) is 4.79 Å². The van der Waals surface area contributed by atoms with Gasteiger partial charge in [0.25, 0.3) is 5.91 Å². The van der Waals surface area contributed by atoms with Gasteiger partial charge in [-0.3, -0.25) is 9.59 Å². The second kappa shape index (κ2) is 12.6. The average molecular weight is 549 g/mol. The van der Waals surface area contributed by atoms with Crippen LogP contribution in [0.4, 0.5) is 0 Å². The maximum Gasteiger partial charge on any atom is 0.252 e. The SMILES string of the molecule is O=C(NCCCCC1CCN(C(=O)C2CC3(C4CCCCCC4)CNCCC3N2)CC1)c1ccc2nccn2c1. The van der Waals surface area contributed by atoms with Crippen LogP contribution in [0.2, 0.25) is 0 Å². The largest absolute Gasteiger partial charge is 0.352 e. The molecule has 8 heteroatoms. The summed E-state index contributed by atoms with van der Waals surface area (Å²) in [5.74, 6) is 1.77. The lowest BCUT2D eigenvalue weighted by Crippen LogP contribution is -2.54. The molecule has 3 N–H and O–H groups in total. The molecular weight excluding hydrogens is 500 g/mol. The predicted octanol–water partition coefficient (Wildman–Crippen LogP) is 4.15. The molecule has 0 aromatic carbocycles. The molecule has 5 heterocycles. The third-order valence-corrected chi connectivity index (χ3v) is 10.6. The molecule has 3 atom stereocenters. The number of nitrogens with zero attached hydrogens (tertiary/aromatic N) is 3. The Kier molecular flexibility index (Phi) is 8.73. The Hall–Kier alpha value is -2.45. The van der Waals surface area contributed by atoms with Gasteiger partial charge >= 0.3 is 0 Å². The molecule has 2 aromatic heterocycles. The molecule has 3 unspecified atom stereocenters. The molecule has 1 aliphatic carbocycles. The van der Waals surface area contributed by atoms with Crippen molar-refractivity contribution in [1.29, 1.82) is 0 Å². The maximum atomic E-state index is 13.7. The number of unbranched alkanes of at least 4 members (excludes halogenated alkanes) is 1. The number of carbonyl (C=O) groups excluding carboxylic acids is 2. The van der Waals surface area contributed by atoms with E-state index in [9.17, 15) is 9.59 Å². The zero-order chi connectivity index (χ0) is 27.4. The first-order valence-corrected chi connectivity index (χ1v) is 16.1. The second-order valence-electron chi connectivity index (χ2n) is 13.0. The van der Waals surface area contributed by atoms with Crippen LogP contribution in [0.25, 0.3) is 5.65 Å². The monoisotopic (exact) mass is 548 g/mol. The number of fused-ring (bicyclic) bond motifs is 2. The van der Waals surface area contributed by atoms with Gasteiger partial charge < -0.3 is 25.3 Å². The normalized spacial score (nSPS) is 28.4. The highest BCUT2D eigenvalue weighted by molar-refractivity contribution is 5.94. The summed E-state index contributed by atoms with van der Waals surface area (Å²) < 4.78 is 1.87. The van der Waals surface area contributed by atoms with Crippen LogP contribution in [0.1, 0.15) is 93.8 Å². The Morgan fingerprint density at radius 1 is 1.02 bits per heavy atom. The summed E-state index contributed by atoms with van der Waals surface area (Å²) in [6.45, 7) is 4.65. The summed E-state index contributed by atoms with van der Waals surface area (Å²) in [5.41, 5.74) is 1.77. The minimum Gasteiger partial charge on any atom is -0.352 e. The molecule has 218 valence electrons. The highest BCUT2D eigenvalue weighted by Crippen LogP contribution is 2.49. The van der Waals surface area contributed by atoms with Crippen molar-refractivity contribution in [3.63, 3.8) is 0 Å². The minimum atomic E-state index is -0.0283. The summed E-state index contributed by atoms with van der Waals surface area (Å²) in [6, 6.07) is 4.20. The predicted molar refractivity (Wildman–Crippen MR) is 157 cm³/mol. The van der Waals surface area contributed by atoms with Gasteiger partial charge in [-0.1, -0.05) is 38.5 Å². The van der Waals surface area contributed by atoms with E-state index < -0.39 is 0 Å². The van der Waals surface area contributed by atoms with Crippen LogP contribution >= 0.6 is 0 Å². The van der Waals surface area contributed by atoms with Crippen molar-refractivity contribution in [1.82, 2.24) is 30.2 Å². The van der Waals surface area contributed by atoms with E-state index in [1.54, 1.807) is 6.20 Å². The number of pyridine rings is 1. The molecule has 4 aliphatic rings. The van der Waals surface area contributed by atoms with E-state index in [1.165, 1.54) is 44.9 Å². The number of hydrogen-bond donors (Lipinski definition) is 3. The number of piperidine rings is 2. The molecular formula is C32H48N6O2. The lowest BCUT2D eigenvalue weighted by Gasteiger charge is -2.45. The molecule has 8 nitrogen and oxygen atoms in total. The molecule has 3 aliphatic heterocycles. The van der Waals surface area contributed by atoms with Crippen LogP contribution in [0, 0.1) is 17.3 Å². The van der Waals surface area contributed by atoms with Gasteiger partial charge in [0.2, 0.25) is 5.91 Å². The minimum absolute atomic E-state index is 0.00260. The Morgan fingerprint density at radius 3 is 2.67 bits per heavy atom. The maximum absolute atomic E-state index is 13.7. The first-order valence-electron chi connectivity index (χ1n) is 16.1. The summed E-state index contributed by atoms with van der Waals surface area (Å²) in [6.07, 6.45) is 21.3. The van der Waals surface area contributed by atoms with Gasteiger partial charge in [-0.25, -0.2) is 4.98 Å². The van der Waals surface area contributed by atoms with Crippen molar-refractivity contribution in [2.45, 2.75) is 95.6 Å². The molecule has 2 aromatic rings. The van der Waals surface area contributed by atoms with Crippen LogP contribution in [-0.4, -0.2) is 70.9 Å². The lowest BCUT2D eigenvalue weighted by atomic mass is 9.64. The number of amides is 2. The van der Waals surface area contributed by atoms with E-state index >= 15 is 0 Å². The number of aromatic nitrogens is 2. The number of hydrogen-bond acceptors (Lipinski definition) is 5. The average Bonchev–Trinajstić information content (AvgIpc) is 3.52. The first-order chi connectivity index (χ1) is 19.6. The standard InChI is InChI=1S/C32H48N6O2/c39-30(25-10-11-29-34-17-20-38(29)22-25)35-15-6-5-7-24-13-18-37(19-14-24)31(40)27-21-32(23-33-16-12-28(32)36-27)26-8-3-1-2-4-9-26/h10-11,17,20,22,24,26-28,33,36H,1-9,12-16,18-19,21,23H2,(H,35,39). The number of rotatable bonds is 8. The molecule has 2 amide bonds. The van der Waals surface area contributed by atoms with Crippen LogP contribution in [0.3, 0.4) is 0 Å². The van der Waals surface area contributed by atoms with Crippen molar-refractivity contribution >= 4 is 17.5 Å². The summed E-state index contributed by atoms with van der Waals surface area (Å²) in [7, 11) is 0. The third kappa shape index (κ3) is 5.94. The van der Waals surface area contributed by atoms with Gasteiger partial charge in [-0.05, 0) is 75.5 Å². The van der Waals surface area contributed by atoms with E-state index in [1.807, 2.05) is 28.9 Å². The Labute approximate surface area is 239 Å².